The van der Waals surface area contributed by atoms with E-state index in [1.807, 2.05) is 29.9 Å². The Morgan fingerprint density at radius 1 is 1.31 bits per heavy atom. The van der Waals surface area contributed by atoms with Crippen molar-refractivity contribution in [1.29, 1.82) is 0 Å². The lowest BCUT2D eigenvalue weighted by Crippen LogP contribution is -2.21. The number of H-pyrrole nitrogens is 1. The lowest BCUT2D eigenvalue weighted by Gasteiger charge is -2.26. The van der Waals surface area contributed by atoms with Gasteiger partial charge in [-0.15, -0.1) is 0 Å². The van der Waals surface area contributed by atoms with Crippen LogP contribution in [0.2, 0.25) is 0 Å². The van der Waals surface area contributed by atoms with Crippen molar-refractivity contribution >= 4 is 24.0 Å². The number of anilines is 1. The maximum Gasteiger partial charge on any atom is 0.335 e. The van der Waals surface area contributed by atoms with Gasteiger partial charge in [0.2, 0.25) is 0 Å². The van der Waals surface area contributed by atoms with E-state index in [1.54, 1.807) is 13.0 Å². The standard InChI is InChI=1S/C24H25F2N3O2S/c1-14-9-15(3-5-19(14)23(30)31)7-8-28(2)22-13-29(24(32)27-22)18-4-6-20-16(11-18)10-17(25)12-21(20)26/h3,5,9-10,12-13,18H,4,6-8,11H2,1-2H3,(H,27,32)(H,30,31)/t18-/m0/s1. The maximum absolute atomic E-state index is 14.1. The fourth-order valence-corrected chi connectivity index (χ4v) is 4.73. The van der Waals surface area contributed by atoms with Crippen LogP contribution in [0.1, 0.15) is 45.1 Å². The number of nitrogens with one attached hydrogen (secondary N) is 1. The molecule has 0 saturated carbocycles. The van der Waals surface area contributed by atoms with Crippen LogP contribution >= 0.6 is 12.2 Å². The number of aryl methyl sites for hydroxylation is 1. The third-order valence-corrected chi connectivity index (χ3v) is 6.54. The highest BCUT2D eigenvalue weighted by Crippen LogP contribution is 2.32. The molecule has 0 unspecified atom stereocenters. The number of likely N-dealkylation sites (N-methyl/N-ethyl adjacent to an activating group) is 1. The van der Waals surface area contributed by atoms with Gasteiger partial charge in [0.25, 0.3) is 0 Å². The van der Waals surface area contributed by atoms with Gasteiger partial charge in [-0.1, -0.05) is 12.1 Å². The Bertz CT molecular complexity index is 1230. The molecule has 0 aliphatic heterocycles. The molecule has 168 valence electrons. The monoisotopic (exact) mass is 457 g/mol. The molecule has 0 radical (unpaired) electrons. The summed E-state index contributed by atoms with van der Waals surface area (Å²) < 4.78 is 30.3. The Morgan fingerprint density at radius 2 is 2.09 bits per heavy atom. The summed E-state index contributed by atoms with van der Waals surface area (Å²) >= 11 is 5.53. The van der Waals surface area contributed by atoms with Crippen LogP contribution in [-0.2, 0) is 19.3 Å². The third-order valence-electron chi connectivity index (χ3n) is 6.23. The van der Waals surface area contributed by atoms with Crippen LogP contribution in [0.15, 0.2) is 36.5 Å². The number of carboxylic acids is 1. The van der Waals surface area contributed by atoms with Gasteiger partial charge in [-0.3, -0.25) is 0 Å². The first-order chi connectivity index (χ1) is 15.2. The zero-order chi connectivity index (χ0) is 23.0. The fraction of sp³-hybridized carbons (Fsp3) is 0.333. The SMILES string of the molecule is Cc1cc(CCN(C)c2cn([C@H]3CCc4c(F)cc(F)cc4C3)c(=S)[nH]2)ccc1C(=O)O. The Labute approximate surface area is 190 Å². The molecule has 0 amide bonds. The van der Waals surface area contributed by atoms with Crippen LogP contribution in [0, 0.1) is 23.3 Å². The minimum Gasteiger partial charge on any atom is -0.478 e. The van der Waals surface area contributed by atoms with Gasteiger partial charge in [-0.2, -0.15) is 0 Å². The number of benzene rings is 2. The molecule has 1 heterocycles. The highest BCUT2D eigenvalue weighted by Gasteiger charge is 2.24. The highest BCUT2D eigenvalue weighted by atomic mass is 32.1. The number of imidazole rings is 1. The molecule has 8 heteroatoms. The Morgan fingerprint density at radius 3 is 2.81 bits per heavy atom. The summed E-state index contributed by atoms with van der Waals surface area (Å²) in [6.45, 7) is 2.51. The first kappa shape index (κ1) is 22.2. The Hall–Kier alpha value is -3.00. The van der Waals surface area contributed by atoms with Gasteiger partial charge in [0, 0.05) is 31.9 Å². The van der Waals surface area contributed by atoms with Gasteiger partial charge in [0.05, 0.1) is 5.56 Å². The van der Waals surface area contributed by atoms with Gasteiger partial charge >= 0.3 is 5.97 Å². The fourth-order valence-electron chi connectivity index (χ4n) is 4.42. The molecule has 32 heavy (non-hydrogen) atoms. The van der Waals surface area contributed by atoms with Crippen LogP contribution in [0.25, 0.3) is 0 Å². The predicted octanol–water partition coefficient (Wildman–Crippen LogP) is 5.24. The Kier molecular flexibility index (Phi) is 6.15. The minimum absolute atomic E-state index is 0.0424. The van der Waals surface area contributed by atoms with Gasteiger partial charge < -0.3 is 19.6 Å². The number of hydrogen-bond donors (Lipinski definition) is 2. The molecular weight excluding hydrogens is 432 g/mol. The first-order valence-electron chi connectivity index (χ1n) is 10.5. The molecule has 0 saturated heterocycles. The summed E-state index contributed by atoms with van der Waals surface area (Å²) in [5.74, 6) is -1.07. The predicted molar refractivity (Wildman–Crippen MR) is 122 cm³/mol. The van der Waals surface area contributed by atoms with Crippen molar-refractivity contribution < 1.29 is 18.7 Å². The number of nitrogens with zero attached hydrogens (tertiary/aromatic N) is 2. The molecule has 0 spiro atoms. The second-order valence-electron chi connectivity index (χ2n) is 8.40. The number of aromatic carboxylic acids is 1. The van der Waals surface area contributed by atoms with Crippen molar-refractivity contribution in [2.45, 2.75) is 38.6 Å². The largest absolute Gasteiger partial charge is 0.478 e. The summed E-state index contributed by atoms with van der Waals surface area (Å²) in [5.41, 5.74) is 3.43. The third kappa shape index (κ3) is 4.46. The van der Waals surface area contributed by atoms with E-state index in [2.05, 4.69) is 9.88 Å². The Balaban J connectivity index is 1.46. The highest BCUT2D eigenvalue weighted by molar-refractivity contribution is 7.71. The number of hydrogen-bond acceptors (Lipinski definition) is 3. The van der Waals surface area contributed by atoms with E-state index < -0.39 is 17.6 Å². The summed E-state index contributed by atoms with van der Waals surface area (Å²) in [5, 5.41) is 9.18. The summed E-state index contributed by atoms with van der Waals surface area (Å²) in [4.78, 5) is 16.5. The average Bonchev–Trinajstić information content (AvgIpc) is 3.13. The number of aromatic nitrogens is 2. The molecule has 2 aromatic carbocycles. The molecule has 1 aliphatic rings. The van der Waals surface area contributed by atoms with Gasteiger partial charge in [-0.05, 0) is 79.2 Å². The van der Waals surface area contributed by atoms with Gasteiger partial charge in [0.1, 0.15) is 17.5 Å². The molecule has 2 N–H and O–H groups in total. The normalized spacial score (nSPS) is 15.4. The zero-order valence-electron chi connectivity index (χ0n) is 18.0. The molecule has 1 atom stereocenters. The van der Waals surface area contributed by atoms with Crippen LogP contribution in [0.5, 0.6) is 0 Å². The molecule has 0 fully saturated rings. The molecule has 4 rings (SSSR count). The molecular formula is C24H25F2N3O2S. The number of aromatic amines is 1. The van der Waals surface area contributed by atoms with E-state index >= 15 is 0 Å². The van der Waals surface area contributed by atoms with Crippen molar-refractivity contribution in [2.24, 2.45) is 0 Å². The van der Waals surface area contributed by atoms with Crippen molar-refractivity contribution in [2.75, 3.05) is 18.5 Å². The van der Waals surface area contributed by atoms with Gasteiger partial charge in [-0.25, -0.2) is 13.6 Å². The van der Waals surface area contributed by atoms with Gasteiger partial charge in [0.15, 0.2) is 4.77 Å². The quantitative estimate of drug-likeness (QED) is 0.497. The maximum atomic E-state index is 14.1. The first-order valence-corrected chi connectivity index (χ1v) is 11.0. The second-order valence-corrected chi connectivity index (χ2v) is 8.79. The van der Waals surface area contributed by atoms with Crippen molar-refractivity contribution in [3.63, 3.8) is 0 Å². The lowest BCUT2D eigenvalue weighted by atomic mass is 9.87. The molecule has 0 bridgehead atoms. The van der Waals surface area contributed by atoms with Crippen LogP contribution < -0.4 is 4.90 Å². The summed E-state index contributed by atoms with van der Waals surface area (Å²) in [7, 11) is 1.96. The van der Waals surface area contributed by atoms with Crippen LogP contribution in [0.4, 0.5) is 14.6 Å². The van der Waals surface area contributed by atoms with Crippen LogP contribution in [-0.4, -0.2) is 34.2 Å². The minimum atomic E-state index is -0.920. The van der Waals surface area contributed by atoms with E-state index in [1.165, 1.54) is 6.07 Å². The lowest BCUT2D eigenvalue weighted by molar-refractivity contribution is 0.0696. The number of halogens is 2. The molecule has 1 aromatic heterocycles. The topological polar surface area (TPSA) is 61.3 Å². The van der Waals surface area contributed by atoms with E-state index in [9.17, 15) is 18.7 Å². The van der Waals surface area contributed by atoms with E-state index in [0.717, 1.165) is 35.9 Å². The number of fused-ring (bicyclic) bond motifs is 1. The van der Waals surface area contributed by atoms with Crippen molar-refractivity contribution in [3.05, 3.63) is 80.8 Å². The van der Waals surface area contributed by atoms with E-state index in [-0.39, 0.29) is 6.04 Å². The molecule has 5 nitrogen and oxygen atoms in total. The van der Waals surface area contributed by atoms with Crippen molar-refractivity contribution in [3.8, 4) is 0 Å². The zero-order valence-corrected chi connectivity index (χ0v) is 18.8. The molecule has 3 aromatic rings. The number of carbonyl (C=O) groups is 1. The van der Waals surface area contributed by atoms with Crippen molar-refractivity contribution in [1.82, 2.24) is 9.55 Å². The summed E-state index contributed by atoms with van der Waals surface area (Å²) in [6.07, 6.45) is 4.54. The number of carboxylic acid groups (broad SMARTS) is 1. The smallest absolute Gasteiger partial charge is 0.335 e. The van der Waals surface area contributed by atoms with Crippen LogP contribution in [0.3, 0.4) is 0 Å². The molecule has 1 aliphatic carbocycles. The average molecular weight is 458 g/mol. The second kappa shape index (κ2) is 8.86. The van der Waals surface area contributed by atoms with E-state index in [0.29, 0.717) is 40.8 Å². The summed E-state index contributed by atoms with van der Waals surface area (Å²) in [6, 6.07) is 7.80. The van der Waals surface area contributed by atoms with E-state index in [4.69, 9.17) is 12.2 Å². The number of rotatable bonds is 6.